The molecule has 1 aliphatic heterocycles. The van der Waals surface area contributed by atoms with Crippen LogP contribution in [0.5, 0.6) is 0 Å². The minimum Gasteiger partial charge on any atom is -0.321 e. The number of aromatic nitrogens is 1. The average molecular weight is 304 g/mol. The van der Waals surface area contributed by atoms with Gasteiger partial charge in [0.2, 0.25) is 0 Å². The first-order valence-electron chi connectivity index (χ1n) is 5.82. The molecule has 2 heterocycles. The van der Waals surface area contributed by atoms with Gasteiger partial charge in [-0.2, -0.15) is 0 Å². The van der Waals surface area contributed by atoms with Crippen molar-refractivity contribution in [3.8, 4) is 0 Å². The van der Waals surface area contributed by atoms with Crippen LogP contribution in [-0.2, 0) is 20.8 Å². The normalized spacial score (nSPS) is 24.1. The number of nitrogen functional groups attached to an aromatic ring is 1. The Kier molecular flexibility index (Phi) is 4.50. The van der Waals surface area contributed by atoms with E-state index in [-0.39, 0.29) is 16.8 Å². The summed E-state index contributed by atoms with van der Waals surface area (Å²) < 4.78 is 38.3. The van der Waals surface area contributed by atoms with Crippen molar-refractivity contribution in [2.45, 2.75) is 23.9 Å². The van der Waals surface area contributed by atoms with Crippen molar-refractivity contribution in [3.63, 3.8) is 0 Å². The molecule has 1 fully saturated rings. The third-order valence-corrected chi connectivity index (χ3v) is 5.75. The highest BCUT2D eigenvalue weighted by molar-refractivity contribution is 7.89. The Morgan fingerprint density at radius 2 is 2.05 bits per heavy atom. The van der Waals surface area contributed by atoms with Crippen molar-refractivity contribution in [1.29, 1.82) is 0 Å². The molecule has 1 aromatic rings. The summed E-state index contributed by atoms with van der Waals surface area (Å²) in [5.41, 5.74) is 2.56. The van der Waals surface area contributed by atoms with E-state index in [1.54, 1.807) is 6.07 Å². The highest BCUT2D eigenvalue weighted by Crippen LogP contribution is 2.18. The van der Waals surface area contributed by atoms with Gasteiger partial charge in [-0.05, 0) is 25.0 Å². The number of nitrogens with two attached hydrogens (primary N) is 1. The molecule has 4 N–H and O–H groups in total. The Labute approximate surface area is 114 Å². The van der Waals surface area contributed by atoms with Crippen molar-refractivity contribution in [2.75, 3.05) is 16.9 Å². The summed E-state index contributed by atoms with van der Waals surface area (Å²) in [6, 6.07) is 2.94. The van der Waals surface area contributed by atoms with E-state index in [9.17, 15) is 12.6 Å². The van der Waals surface area contributed by atoms with Gasteiger partial charge < -0.3 is 5.43 Å². The smallest absolute Gasteiger partial charge is 0.260 e. The molecule has 0 unspecified atom stereocenters. The first-order chi connectivity index (χ1) is 9.03. The van der Waals surface area contributed by atoms with Gasteiger partial charge >= 0.3 is 0 Å². The van der Waals surface area contributed by atoms with Crippen LogP contribution in [-0.4, -0.2) is 35.2 Å². The van der Waals surface area contributed by atoms with Gasteiger partial charge in [0.25, 0.3) is 10.0 Å². The maximum atomic E-state index is 12.2. The Bertz CT molecular complexity index is 566. The highest BCUT2D eigenvalue weighted by atomic mass is 32.2. The van der Waals surface area contributed by atoms with E-state index < -0.39 is 20.8 Å². The molecule has 0 spiro atoms. The van der Waals surface area contributed by atoms with Crippen LogP contribution in [0.3, 0.4) is 0 Å². The Morgan fingerprint density at radius 3 is 2.68 bits per heavy atom. The maximum absolute atomic E-state index is 12.2. The molecule has 9 heteroatoms. The molecule has 0 aromatic carbocycles. The number of rotatable bonds is 4. The van der Waals surface area contributed by atoms with E-state index in [4.69, 9.17) is 5.84 Å². The van der Waals surface area contributed by atoms with Gasteiger partial charge in [0.1, 0.15) is 0 Å². The zero-order chi connectivity index (χ0) is 13.9. The van der Waals surface area contributed by atoms with E-state index in [0.29, 0.717) is 24.3 Å². The monoisotopic (exact) mass is 304 g/mol. The molecule has 0 saturated carbocycles. The number of hydrogen-bond donors (Lipinski definition) is 3. The predicted octanol–water partition coefficient (Wildman–Crippen LogP) is -0.443. The molecule has 1 aromatic heterocycles. The minimum absolute atomic E-state index is 0.121. The fraction of sp³-hybridized carbons (Fsp3) is 0.500. The van der Waals surface area contributed by atoms with E-state index in [1.807, 2.05) is 0 Å². The summed E-state index contributed by atoms with van der Waals surface area (Å²) in [6.07, 6.45) is 2.54. The molecule has 0 bridgehead atoms. The van der Waals surface area contributed by atoms with Crippen LogP contribution in [0.4, 0.5) is 5.69 Å². The van der Waals surface area contributed by atoms with Crippen LogP contribution in [0.15, 0.2) is 23.4 Å². The summed E-state index contributed by atoms with van der Waals surface area (Å²) in [5.74, 6) is 6.33. The molecule has 1 aliphatic rings. The largest absolute Gasteiger partial charge is 0.321 e. The van der Waals surface area contributed by atoms with Gasteiger partial charge in [-0.3, -0.25) is 10.1 Å². The lowest BCUT2D eigenvalue weighted by Crippen LogP contribution is -2.40. The quantitative estimate of drug-likeness (QED) is 0.513. The van der Waals surface area contributed by atoms with Gasteiger partial charge in [-0.1, -0.05) is 0 Å². The lowest BCUT2D eigenvalue weighted by molar-refractivity contribution is 0.520. The van der Waals surface area contributed by atoms with Gasteiger partial charge in [0.05, 0.1) is 5.69 Å². The van der Waals surface area contributed by atoms with Crippen LogP contribution < -0.4 is 16.0 Å². The summed E-state index contributed by atoms with van der Waals surface area (Å²) in [4.78, 5) is 3.85. The standard InChI is InChI=1S/C10H16N4O3S2/c11-13-9-2-1-5-12-10(9)19(16,17)14-8-3-6-18(15)7-4-8/h1-2,5,8,13-14H,3-4,6-7,11H2. The Hall–Kier alpha value is -1.03. The second kappa shape index (κ2) is 5.95. The topological polar surface area (TPSA) is 114 Å². The van der Waals surface area contributed by atoms with Crippen molar-refractivity contribution < 1.29 is 12.6 Å². The Balaban J connectivity index is 2.16. The molecule has 0 radical (unpaired) electrons. The maximum Gasteiger partial charge on any atom is 0.260 e. The Morgan fingerprint density at radius 1 is 1.37 bits per heavy atom. The van der Waals surface area contributed by atoms with Gasteiger partial charge in [0, 0.05) is 34.5 Å². The van der Waals surface area contributed by atoms with Crippen LogP contribution in [0.2, 0.25) is 0 Å². The number of nitrogens with zero attached hydrogens (tertiary/aromatic N) is 1. The van der Waals surface area contributed by atoms with Crippen LogP contribution >= 0.6 is 0 Å². The first kappa shape index (κ1) is 14.4. The first-order valence-corrected chi connectivity index (χ1v) is 8.79. The minimum atomic E-state index is -3.72. The zero-order valence-electron chi connectivity index (χ0n) is 10.2. The summed E-state index contributed by atoms with van der Waals surface area (Å²) in [6.45, 7) is 0. The number of pyridine rings is 1. The van der Waals surface area contributed by atoms with Gasteiger partial charge in [-0.25, -0.2) is 18.1 Å². The summed E-state index contributed by atoms with van der Waals surface area (Å²) in [5, 5.41) is -0.121. The molecule has 0 atom stereocenters. The molecule has 19 heavy (non-hydrogen) atoms. The predicted molar refractivity (Wildman–Crippen MR) is 73.3 cm³/mol. The second-order valence-corrected chi connectivity index (χ2v) is 7.57. The lowest BCUT2D eigenvalue weighted by Gasteiger charge is -2.22. The van der Waals surface area contributed by atoms with E-state index in [0.717, 1.165) is 0 Å². The van der Waals surface area contributed by atoms with Crippen LogP contribution in [0.1, 0.15) is 12.8 Å². The molecule has 2 rings (SSSR count). The lowest BCUT2D eigenvalue weighted by atomic mass is 10.2. The van der Waals surface area contributed by atoms with E-state index in [2.05, 4.69) is 15.1 Å². The SMILES string of the molecule is NNc1cccnc1S(=O)(=O)NC1CCS(=O)CC1. The molecule has 7 nitrogen and oxygen atoms in total. The number of sulfonamides is 1. The third-order valence-electron chi connectivity index (χ3n) is 2.89. The van der Waals surface area contributed by atoms with Crippen LogP contribution in [0.25, 0.3) is 0 Å². The number of hydrogen-bond acceptors (Lipinski definition) is 6. The van der Waals surface area contributed by atoms with E-state index in [1.165, 1.54) is 12.3 Å². The fourth-order valence-corrected chi connectivity index (χ4v) is 4.60. The van der Waals surface area contributed by atoms with Crippen molar-refractivity contribution in [3.05, 3.63) is 18.3 Å². The molecule has 0 aliphatic carbocycles. The summed E-state index contributed by atoms with van der Waals surface area (Å²) >= 11 is 0. The molecular weight excluding hydrogens is 288 g/mol. The van der Waals surface area contributed by atoms with Crippen molar-refractivity contribution in [1.82, 2.24) is 9.71 Å². The van der Waals surface area contributed by atoms with Crippen LogP contribution in [0, 0.1) is 0 Å². The average Bonchev–Trinajstić information content (AvgIpc) is 2.41. The molecule has 106 valence electrons. The highest BCUT2D eigenvalue weighted by Gasteiger charge is 2.26. The van der Waals surface area contributed by atoms with Crippen molar-refractivity contribution in [2.24, 2.45) is 5.84 Å². The molecule has 0 amide bonds. The van der Waals surface area contributed by atoms with Gasteiger partial charge in [0.15, 0.2) is 5.03 Å². The number of nitrogens with one attached hydrogen (secondary N) is 2. The van der Waals surface area contributed by atoms with E-state index >= 15 is 0 Å². The van der Waals surface area contributed by atoms with Crippen molar-refractivity contribution >= 4 is 26.5 Å². The molecule has 1 saturated heterocycles. The van der Waals surface area contributed by atoms with Gasteiger partial charge in [-0.15, -0.1) is 0 Å². The second-order valence-electron chi connectivity index (χ2n) is 4.24. The summed E-state index contributed by atoms with van der Waals surface area (Å²) in [7, 11) is -4.55. The fourth-order valence-electron chi connectivity index (χ4n) is 1.90. The number of hydrazine groups is 1. The third kappa shape index (κ3) is 3.50. The molecular formula is C10H16N4O3S2. The number of anilines is 1. The zero-order valence-corrected chi connectivity index (χ0v) is 11.8.